The van der Waals surface area contributed by atoms with Crippen LogP contribution in [-0.4, -0.2) is 19.6 Å². The van der Waals surface area contributed by atoms with Crippen LogP contribution in [0, 0.1) is 20.8 Å². The van der Waals surface area contributed by atoms with Gasteiger partial charge >= 0.3 is 0 Å². The van der Waals surface area contributed by atoms with Crippen LogP contribution in [0.1, 0.15) is 16.7 Å². The Morgan fingerprint density at radius 2 is 1.68 bits per heavy atom. The zero-order valence-corrected chi connectivity index (χ0v) is 13.5. The average Bonchev–Trinajstić information content (AvgIpc) is 2.46. The number of nitrogens with one attached hydrogen (secondary N) is 2. The number of ether oxygens (including phenoxy) is 1. The summed E-state index contributed by atoms with van der Waals surface area (Å²) < 4.78 is 5.26. The Bertz CT molecular complexity index is 681. The number of amides is 1. The predicted octanol–water partition coefficient (Wildman–Crippen LogP) is 3.67. The Morgan fingerprint density at radius 1 is 1.00 bits per heavy atom. The first-order valence-corrected chi connectivity index (χ1v) is 7.25. The maximum absolute atomic E-state index is 12.1. The summed E-state index contributed by atoms with van der Waals surface area (Å²) in [6, 6.07) is 11.8. The Kier molecular flexibility index (Phi) is 5.04. The number of aryl methyl sites for hydroxylation is 3. The summed E-state index contributed by atoms with van der Waals surface area (Å²) in [5.41, 5.74) is 5.06. The third kappa shape index (κ3) is 4.01. The highest BCUT2D eigenvalue weighted by atomic mass is 16.5. The molecule has 0 bridgehead atoms. The molecule has 0 saturated carbocycles. The van der Waals surface area contributed by atoms with Gasteiger partial charge in [-0.2, -0.15) is 0 Å². The van der Waals surface area contributed by atoms with Crippen molar-refractivity contribution < 1.29 is 9.53 Å². The molecule has 0 unspecified atom stereocenters. The highest BCUT2D eigenvalue weighted by Crippen LogP contribution is 2.25. The molecule has 2 rings (SSSR count). The standard InChI is InChI=1S/C18H22N2O2/c1-12-5-7-15(14(3)9-12)19-11-18(21)20-16-10-13(2)6-8-17(16)22-4/h5-10,19H,11H2,1-4H3,(H,20,21). The quantitative estimate of drug-likeness (QED) is 0.885. The smallest absolute Gasteiger partial charge is 0.243 e. The molecule has 4 heteroatoms. The van der Waals surface area contributed by atoms with Crippen LogP contribution in [0.2, 0.25) is 0 Å². The largest absolute Gasteiger partial charge is 0.495 e. The highest BCUT2D eigenvalue weighted by Gasteiger charge is 2.08. The van der Waals surface area contributed by atoms with E-state index in [1.165, 1.54) is 5.56 Å². The van der Waals surface area contributed by atoms with Crippen LogP contribution < -0.4 is 15.4 Å². The van der Waals surface area contributed by atoms with Gasteiger partial charge in [-0.05, 0) is 50.1 Å². The number of carbonyl (C=O) groups is 1. The van der Waals surface area contributed by atoms with Gasteiger partial charge in [0.15, 0.2) is 0 Å². The second-order valence-electron chi connectivity index (χ2n) is 5.42. The van der Waals surface area contributed by atoms with Gasteiger partial charge in [-0.15, -0.1) is 0 Å². The van der Waals surface area contributed by atoms with E-state index < -0.39 is 0 Å². The van der Waals surface area contributed by atoms with Crippen LogP contribution in [0.5, 0.6) is 5.75 Å². The summed E-state index contributed by atoms with van der Waals surface area (Å²) in [6.07, 6.45) is 0. The van der Waals surface area contributed by atoms with Crippen LogP contribution in [0.4, 0.5) is 11.4 Å². The molecule has 0 aromatic heterocycles. The second-order valence-corrected chi connectivity index (χ2v) is 5.42. The molecular weight excluding hydrogens is 276 g/mol. The van der Waals surface area contributed by atoms with E-state index in [1.54, 1.807) is 7.11 Å². The van der Waals surface area contributed by atoms with Crippen molar-refractivity contribution in [3.8, 4) is 5.75 Å². The third-order valence-electron chi connectivity index (χ3n) is 3.45. The number of methoxy groups -OCH3 is 1. The van der Waals surface area contributed by atoms with Gasteiger partial charge in [0.2, 0.25) is 5.91 Å². The molecule has 0 aliphatic rings. The van der Waals surface area contributed by atoms with Crippen molar-refractivity contribution >= 4 is 17.3 Å². The Balaban J connectivity index is 2.00. The fraction of sp³-hybridized carbons (Fsp3) is 0.278. The normalized spacial score (nSPS) is 10.2. The average molecular weight is 298 g/mol. The summed E-state index contributed by atoms with van der Waals surface area (Å²) in [5.74, 6) is 0.550. The van der Waals surface area contributed by atoms with Gasteiger partial charge in [-0.25, -0.2) is 0 Å². The molecule has 0 aliphatic carbocycles. The molecule has 116 valence electrons. The minimum atomic E-state index is -0.108. The Labute approximate surface area is 131 Å². The second kappa shape index (κ2) is 6.98. The molecule has 2 N–H and O–H groups in total. The fourth-order valence-corrected chi connectivity index (χ4v) is 2.30. The maximum atomic E-state index is 12.1. The van der Waals surface area contributed by atoms with Crippen molar-refractivity contribution in [2.45, 2.75) is 20.8 Å². The number of hydrogen-bond acceptors (Lipinski definition) is 3. The highest BCUT2D eigenvalue weighted by molar-refractivity contribution is 5.95. The van der Waals surface area contributed by atoms with Gasteiger partial charge in [0.05, 0.1) is 19.3 Å². The van der Waals surface area contributed by atoms with Crippen LogP contribution in [0.3, 0.4) is 0 Å². The van der Waals surface area contributed by atoms with Crippen LogP contribution >= 0.6 is 0 Å². The summed E-state index contributed by atoms with van der Waals surface area (Å²) in [5, 5.41) is 6.04. The molecule has 1 amide bonds. The zero-order valence-electron chi connectivity index (χ0n) is 13.5. The molecule has 0 aliphatic heterocycles. The van der Waals surface area contributed by atoms with Crippen LogP contribution in [-0.2, 0) is 4.79 Å². The Hall–Kier alpha value is -2.49. The topological polar surface area (TPSA) is 50.4 Å². The molecule has 0 atom stereocenters. The number of rotatable bonds is 5. The summed E-state index contributed by atoms with van der Waals surface area (Å²) in [6.45, 7) is 6.26. The van der Waals surface area contributed by atoms with Gasteiger partial charge in [-0.3, -0.25) is 4.79 Å². The molecule has 22 heavy (non-hydrogen) atoms. The van der Waals surface area contributed by atoms with Crippen molar-refractivity contribution in [1.29, 1.82) is 0 Å². The molecule has 4 nitrogen and oxygen atoms in total. The lowest BCUT2D eigenvalue weighted by molar-refractivity contribution is -0.114. The van der Waals surface area contributed by atoms with E-state index in [2.05, 4.69) is 16.7 Å². The van der Waals surface area contributed by atoms with Crippen molar-refractivity contribution in [3.05, 3.63) is 53.1 Å². The van der Waals surface area contributed by atoms with Gasteiger partial charge < -0.3 is 15.4 Å². The molecule has 2 aromatic rings. The van der Waals surface area contributed by atoms with Gasteiger partial charge in [-0.1, -0.05) is 23.8 Å². The maximum Gasteiger partial charge on any atom is 0.243 e. The molecule has 0 heterocycles. The minimum absolute atomic E-state index is 0.108. The van der Waals surface area contributed by atoms with E-state index >= 15 is 0 Å². The number of carbonyl (C=O) groups excluding carboxylic acids is 1. The predicted molar refractivity (Wildman–Crippen MR) is 90.8 cm³/mol. The lowest BCUT2D eigenvalue weighted by atomic mass is 10.1. The number of anilines is 2. The monoisotopic (exact) mass is 298 g/mol. The number of hydrogen-bond donors (Lipinski definition) is 2. The first-order chi connectivity index (χ1) is 10.5. The summed E-state index contributed by atoms with van der Waals surface area (Å²) >= 11 is 0. The van der Waals surface area contributed by atoms with E-state index in [1.807, 2.05) is 51.1 Å². The molecule has 0 spiro atoms. The molecule has 0 saturated heterocycles. The minimum Gasteiger partial charge on any atom is -0.495 e. The lowest BCUT2D eigenvalue weighted by Gasteiger charge is -2.13. The van der Waals surface area contributed by atoms with E-state index in [-0.39, 0.29) is 12.5 Å². The van der Waals surface area contributed by atoms with E-state index in [0.29, 0.717) is 11.4 Å². The van der Waals surface area contributed by atoms with Crippen molar-refractivity contribution in [2.75, 3.05) is 24.3 Å². The van der Waals surface area contributed by atoms with Crippen molar-refractivity contribution in [3.63, 3.8) is 0 Å². The summed E-state index contributed by atoms with van der Waals surface area (Å²) in [7, 11) is 1.59. The molecule has 0 radical (unpaired) electrons. The zero-order chi connectivity index (χ0) is 16.1. The van der Waals surface area contributed by atoms with E-state index in [0.717, 1.165) is 16.8 Å². The van der Waals surface area contributed by atoms with E-state index in [9.17, 15) is 4.79 Å². The summed E-state index contributed by atoms with van der Waals surface area (Å²) in [4.78, 5) is 12.1. The van der Waals surface area contributed by atoms with Crippen LogP contribution in [0.25, 0.3) is 0 Å². The van der Waals surface area contributed by atoms with Gasteiger partial charge in [0, 0.05) is 5.69 Å². The SMILES string of the molecule is COc1ccc(C)cc1NC(=O)CNc1ccc(C)cc1C. The first-order valence-electron chi connectivity index (χ1n) is 7.25. The fourth-order valence-electron chi connectivity index (χ4n) is 2.30. The lowest BCUT2D eigenvalue weighted by Crippen LogP contribution is -2.22. The Morgan fingerprint density at radius 3 is 2.36 bits per heavy atom. The third-order valence-corrected chi connectivity index (χ3v) is 3.45. The first kappa shape index (κ1) is 15.9. The van der Waals surface area contributed by atoms with Crippen LogP contribution in [0.15, 0.2) is 36.4 Å². The molecule has 2 aromatic carbocycles. The van der Waals surface area contributed by atoms with Gasteiger partial charge in [0.25, 0.3) is 0 Å². The van der Waals surface area contributed by atoms with E-state index in [4.69, 9.17) is 4.74 Å². The van der Waals surface area contributed by atoms with Crippen molar-refractivity contribution in [2.24, 2.45) is 0 Å². The van der Waals surface area contributed by atoms with Gasteiger partial charge in [0.1, 0.15) is 5.75 Å². The molecule has 0 fully saturated rings. The van der Waals surface area contributed by atoms with Crippen molar-refractivity contribution in [1.82, 2.24) is 0 Å². The number of benzene rings is 2. The molecular formula is C18H22N2O2.